The molecule has 29 heavy (non-hydrogen) atoms. The molecule has 2 aromatic rings. The first kappa shape index (κ1) is 23.5. The van der Waals surface area contributed by atoms with Gasteiger partial charge in [0.15, 0.2) is 5.96 Å². The van der Waals surface area contributed by atoms with Gasteiger partial charge in [-0.05, 0) is 48.2 Å². The largest absolute Gasteiger partial charge is 0.354 e. The van der Waals surface area contributed by atoms with Gasteiger partial charge in [-0.2, -0.15) is 5.26 Å². The van der Waals surface area contributed by atoms with Gasteiger partial charge in [0.2, 0.25) is 0 Å². The van der Waals surface area contributed by atoms with Crippen LogP contribution in [0.4, 0.5) is 0 Å². The molecule has 0 unspecified atom stereocenters. The van der Waals surface area contributed by atoms with Crippen molar-refractivity contribution in [2.75, 3.05) is 20.1 Å². The number of hydrogen-bond acceptors (Lipinski definition) is 3. The van der Waals surface area contributed by atoms with E-state index in [9.17, 15) is 0 Å². The highest BCUT2D eigenvalue weighted by molar-refractivity contribution is 14.0. The van der Waals surface area contributed by atoms with Gasteiger partial charge < -0.3 is 10.6 Å². The van der Waals surface area contributed by atoms with Crippen LogP contribution < -0.4 is 10.6 Å². The summed E-state index contributed by atoms with van der Waals surface area (Å²) >= 11 is 5.96. The van der Waals surface area contributed by atoms with Gasteiger partial charge in [0.05, 0.1) is 11.6 Å². The lowest BCUT2D eigenvalue weighted by molar-refractivity contribution is 0.198. The van der Waals surface area contributed by atoms with Gasteiger partial charge in [0.1, 0.15) is 0 Å². The van der Waals surface area contributed by atoms with Crippen LogP contribution in [0.25, 0.3) is 0 Å². The first-order valence-electron chi connectivity index (χ1n) is 9.59. The Balaban J connectivity index is 0.00000300. The van der Waals surface area contributed by atoms with Crippen molar-refractivity contribution >= 4 is 41.5 Å². The monoisotopic (exact) mass is 523 g/mol. The zero-order valence-electron chi connectivity index (χ0n) is 16.6. The van der Waals surface area contributed by atoms with Gasteiger partial charge in [-0.15, -0.1) is 24.0 Å². The Hall–Kier alpha value is -1.82. The van der Waals surface area contributed by atoms with Crippen molar-refractivity contribution in [1.29, 1.82) is 5.26 Å². The summed E-state index contributed by atoms with van der Waals surface area (Å²) in [7, 11) is 1.79. The van der Waals surface area contributed by atoms with E-state index in [-0.39, 0.29) is 24.0 Å². The average Bonchev–Trinajstić information content (AvgIpc) is 2.74. The summed E-state index contributed by atoms with van der Waals surface area (Å²) in [5, 5.41) is 16.7. The topological polar surface area (TPSA) is 63.5 Å². The molecular formula is C22H27ClIN5. The number of piperidine rings is 1. The minimum absolute atomic E-state index is 0. The quantitative estimate of drug-likeness (QED) is 0.351. The Morgan fingerprint density at radius 3 is 2.55 bits per heavy atom. The van der Waals surface area contributed by atoms with Crippen molar-refractivity contribution in [3.63, 3.8) is 0 Å². The fourth-order valence-corrected chi connectivity index (χ4v) is 3.53. The van der Waals surface area contributed by atoms with Crippen LogP contribution in [0.15, 0.2) is 53.5 Å². The Morgan fingerprint density at radius 2 is 1.90 bits per heavy atom. The van der Waals surface area contributed by atoms with Crippen molar-refractivity contribution in [3.8, 4) is 6.07 Å². The van der Waals surface area contributed by atoms with E-state index in [1.807, 2.05) is 36.4 Å². The number of halogens is 2. The van der Waals surface area contributed by atoms with Crippen LogP contribution in [0.1, 0.15) is 29.5 Å². The van der Waals surface area contributed by atoms with Gasteiger partial charge in [-0.25, -0.2) is 0 Å². The SMILES string of the molecule is CN=C(NCc1cccc(C#N)c1)NC1CCN(Cc2ccc(Cl)cc2)CC1.I. The van der Waals surface area contributed by atoms with Crippen LogP contribution >= 0.6 is 35.6 Å². The standard InChI is InChI=1S/C22H26ClN5.HI/c1-25-22(26-15-19-4-2-3-18(13-19)14-24)27-21-9-11-28(12-10-21)16-17-5-7-20(23)8-6-17;/h2-8,13,21H,9-12,15-16H2,1H3,(H2,25,26,27);1H. The summed E-state index contributed by atoms with van der Waals surface area (Å²) in [4.78, 5) is 6.82. The first-order chi connectivity index (χ1) is 13.7. The molecule has 0 aromatic heterocycles. The van der Waals surface area contributed by atoms with E-state index in [2.05, 4.69) is 38.7 Å². The molecule has 7 heteroatoms. The molecule has 1 saturated heterocycles. The van der Waals surface area contributed by atoms with E-state index in [0.717, 1.165) is 49.0 Å². The Labute approximate surface area is 195 Å². The third-order valence-corrected chi connectivity index (χ3v) is 5.24. The lowest BCUT2D eigenvalue weighted by atomic mass is 10.0. The Kier molecular flexibility index (Phi) is 9.71. The van der Waals surface area contributed by atoms with Crippen LogP contribution in [0, 0.1) is 11.3 Å². The minimum Gasteiger partial charge on any atom is -0.354 e. The molecule has 1 aliphatic rings. The van der Waals surface area contributed by atoms with Crippen LogP contribution in [-0.2, 0) is 13.1 Å². The zero-order chi connectivity index (χ0) is 19.8. The maximum Gasteiger partial charge on any atom is 0.191 e. The van der Waals surface area contributed by atoms with Gasteiger partial charge in [0, 0.05) is 44.3 Å². The van der Waals surface area contributed by atoms with Crippen LogP contribution in [-0.4, -0.2) is 37.0 Å². The van der Waals surface area contributed by atoms with E-state index in [1.165, 1.54) is 5.56 Å². The lowest BCUT2D eigenvalue weighted by Crippen LogP contribution is -2.48. The molecule has 154 valence electrons. The van der Waals surface area contributed by atoms with Gasteiger partial charge in [0.25, 0.3) is 0 Å². The van der Waals surface area contributed by atoms with Crippen molar-refractivity contribution in [1.82, 2.24) is 15.5 Å². The fourth-order valence-electron chi connectivity index (χ4n) is 3.41. The van der Waals surface area contributed by atoms with E-state index >= 15 is 0 Å². The van der Waals surface area contributed by atoms with Crippen LogP contribution in [0.2, 0.25) is 5.02 Å². The van der Waals surface area contributed by atoms with Crippen LogP contribution in [0.5, 0.6) is 0 Å². The van der Waals surface area contributed by atoms with E-state index in [4.69, 9.17) is 16.9 Å². The second-order valence-electron chi connectivity index (χ2n) is 7.06. The molecule has 0 aliphatic carbocycles. The fraction of sp³-hybridized carbons (Fsp3) is 0.364. The molecule has 1 heterocycles. The highest BCUT2D eigenvalue weighted by Gasteiger charge is 2.20. The molecule has 1 aliphatic heterocycles. The Bertz CT molecular complexity index is 839. The number of hydrogen-bond donors (Lipinski definition) is 2. The van der Waals surface area contributed by atoms with Crippen molar-refractivity contribution in [2.45, 2.75) is 32.0 Å². The summed E-state index contributed by atoms with van der Waals surface area (Å²) in [5.74, 6) is 0.804. The third-order valence-electron chi connectivity index (χ3n) is 4.99. The van der Waals surface area contributed by atoms with Crippen molar-refractivity contribution in [3.05, 3.63) is 70.2 Å². The molecule has 0 atom stereocenters. The maximum absolute atomic E-state index is 9.01. The Morgan fingerprint density at radius 1 is 1.17 bits per heavy atom. The normalized spacial score (nSPS) is 15.3. The predicted molar refractivity (Wildman–Crippen MR) is 130 cm³/mol. The molecule has 3 rings (SSSR count). The number of nitrogens with zero attached hydrogens (tertiary/aromatic N) is 3. The molecule has 0 amide bonds. The molecule has 5 nitrogen and oxygen atoms in total. The van der Waals surface area contributed by atoms with Crippen molar-refractivity contribution < 1.29 is 0 Å². The van der Waals surface area contributed by atoms with Gasteiger partial charge >= 0.3 is 0 Å². The zero-order valence-corrected chi connectivity index (χ0v) is 19.7. The van der Waals surface area contributed by atoms with Crippen molar-refractivity contribution in [2.24, 2.45) is 4.99 Å². The van der Waals surface area contributed by atoms with E-state index in [0.29, 0.717) is 18.2 Å². The number of rotatable bonds is 5. The van der Waals surface area contributed by atoms with E-state index < -0.39 is 0 Å². The molecule has 2 aromatic carbocycles. The highest BCUT2D eigenvalue weighted by Crippen LogP contribution is 2.16. The van der Waals surface area contributed by atoms with E-state index in [1.54, 1.807) is 7.05 Å². The number of nitrogens with one attached hydrogen (secondary N) is 2. The molecule has 0 saturated carbocycles. The summed E-state index contributed by atoms with van der Waals surface area (Å²) in [6, 6.07) is 18.3. The average molecular weight is 524 g/mol. The number of guanidine groups is 1. The maximum atomic E-state index is 9.01. The molecule has 0 spiro atoms. The number of benzene rings is 2. The minimum atomic E-state index is 0. The van der Waals surface area contributed by atoms with Gasteiger partial charge in [-0.1, -0.05) is 35.9 Å². The number of aliphatic imine (C=N–C) groups is 1. The smallest absolute Gasteiger partial charge is 0.191 e. The summed E-state index contributed by atoms with van der Waals surface area (Å²) in [6.07, 6.45) is 2.16. The molecule has 0 bridgehead atoms. The number of nitriles is 1. The first-order valence-corrected chi connectivity index (χ1v) is 9.97. The van der Waals surface area contributed by atoms with Crippen LogP contribution in [0.3, 0.4) is 0 Å². The highest BCUT2D eigenvalue weighted by atomic mass is 127. The van der Waals surface area contributed by atoms with Gasteiger partial charge in [-0.3, -0.25) is 9.89 Å². The third kappa shape index (κ3) is 7.50. The second-order valence-corrected chi connectivity index (χ2v) is 7.50. The molecule has 1 fully saturated rings. The summed E-state index contributed by atoms with van der Waals surface area (Å²) < 4.78 is 0. The lowest BCUT2D eigenvalue weighted by Gasteiger charge is -2.33. The summed E-state index contributed by atoms with van der Waals surface area (Å²) in [6.45, 7) is 3.72. The molecule has 0 radical (unpaired) electrons. The summed E-state index contributed by atoms with van der Waals surface area (Å²) in [5.41, 5.74) is 3.04. The predicted octanol–water partition coefficient (Wildman–Crippen LogP) is 4.16. The molecular weight excluding hydrogens is 497 g/mol. The second kappa shape index (κ2) is 12.0. The molecule has 2 N–H and O–H groups in total. The number of likely N-dealkylation sites (tertiary alicyclic amines) is 1.